The van der Waals surface area contributed by atoms with Crippen LogP contribution in [0.5, 0.6) is 0 Å². The van der Waals surface area contributed by atoms with E-state index in [-0.39, 0.29) is 17.8 Å². The summed E-state index contributed by atoms with van der Waals surface area (Å²) in [4.78, 5) is 28.2. The predicted octanol–water partition coefficient (Wildman–Crippen LogP) is 5.69. The Bertz CT molecular complexity index is 1520. The van der Waals surface area contributed by atoms with Crippen molar-refractivity contribution in [1.29, 1.82) is 0 Å². The number of aromatic nitrogens is 4. The quantitative estimate of drug-likeness (QED) is 0.361. The lowest BCUT2D eigenvalue weighted by Crippen LogP contribution is -2.39. The van der Waals surface area contributed by atoms with E-state index < -0.39 is 0 Å². The first-order valence-electron chi connectivity index (χ1n) is 11.5. The highest BCUT2D eigenvalue weighted by atomic mass is 19.1. The molecule has 1 aliphatic rings. The minimum atomic E-state index is -0.314. The molecule has 4 aromatic heterocycles. The Balaban J connectivity index is 1.39. The van der Waals surface area contributed by atoms with Crippen LogP contribution in [0.25, 0.3) is 33.8 Å². The number of aryl methyl sites for hydroxylation is 1. The van der Waals surface area contributed by atoms with Gasteiger partial charge in [-0.25, -0.2) is 14.4 Å². The third-order valence-corrected chi connectivity index (χ3v) is 6.43. The Morgan fingerprint density at radius 1 is 1.20 bits per heavy atom. The number of hydrogen-bond acceptors (Lipinski definition) is 6. The highest BCUT2D eigenvalue weighted by Gasteiger charge is 2.33. The molecule has 0 aliphatic carbocycles. The van der Waals surface area contributed by atoms with Crippen LogP contribution >= 0.6 is 0 Å². The van der Waals surface area contributed by atoms with Gasteiger partial charge in [-0.1, -0.05) is 17.3 Å². The molecule has 1 saturated heterocycles. The van der Waals surface area contributed by atoms with Crippen molar-refractivity contribution >= 4 is 17.0 Å². The van der Waals surface area contributed by atoms with Crippen molar-refractivity contribution in [2.45, 2.75) is 32.2 Å². The molecule has 1 atom stereocenters. The Hall–Kier alpha value is -4.27. The average Bonchev–Trinajstić information content (AvgIpc) is 3.65. The molecule has 6 rings (SSSR count). The zero-order valence-corrected chi connectivity index (χ0v) is 19.0. The maximum absolute atomic E-state index is 14.0. The van der Waals surface area contributed by atoms with Crippen molar-refractivity contribution in [2.75, 3.05) is 6.54 Å². The van der Waals surface area contributed by atoms with Crippen molar-refractivity contribution in [2.24, 2.45) is 0 Å². The Morgan fingerprint density at radius 2 is 2.11 bits per heavy atom. The van der Waals surface area contributed by atoms with Gasteiger partial charge in [0.05, 0.1) is 40.8 Å². The molecule has 176 valence electrons. The number of furan rings is 1. The predicted molar refractivity (Wildman–Crippen MR) is 126 cm³/mol. The van der Waals surface area contributed by atoms with E-state index in [0.717, 1.165) is 19.3 Å². The molecule has 0 spiro atoms. The fourth-order valence-electron chi connectivity index (χ4n) is 4.74. The van der Waals surface area contributed by atoms with Gasteiger partial charge >= 0.3 is 0 Å². The number of fused-ring (bicyclic) bond motifs is 1. The first kappa shape index (κ1) is 21.3. The van der Waals surface area contributed by atoms with E-state index in [0.29, 0.717) is 57.4 Å². The standard InChI is InChI=1S/C26H22FN5O3/c1-15-23-18(13-19(22-9-5-11-34-22)30-25(23)35-31-15)26(33)32-10-3-2-8-21(32)24-28-14-20(29-24)16-6-4-7-17(27)12-16/h4-7,9,11-14,21H,2-3,8,10H2,1H3,(H,28,29). The number of pyridine rings is 1. The number of halogens is 1. The zero-order chi connectivity index (χ0) is 23.9. The number of nitrogens with one attached hydrogen (secondary N) is 1. The number of piperidine rings is 1. The monoisotopic (exact) mass is 471 g/mol. The normalized spacial score (nSPS) is 16.2. The molecule has 5 heterocycles. The van der Waals surface area contributed by atoms with Crippen LogP contribution in [0.2, 0.25) is 0 Å². The summed E-state index contributed by atoms with van der Waals surface area (Å²) in [7, 11) is 0. The van der Waals surface area contributed by atoms with E-state index in [4.69, 9.17) is 8.94 Å². The molecule has 9 heteroatoms. The summed E-state index contributed by atoms with van der Waals surface area (Å²) in [5.74, 6) is 0.753. The molecular formula is C26H22FN5O3. The van der Waals surface area contributed by atoms with Gasteiger partial charge < -0.3 is 18.8 Å². The van der Waals surface area contributed by atoms with Crippen LogP contribution in [-0.2, 0) is 0 Å². The summed E-state index contributed by atoms with van der Waals surface area (Å²) < 4.78 is 24.7. The van der Waals surface area contributed by atoms with Gasteiger partial charge in [0.2, 0.25) is 0 Å². The lowest BCUT2D eigenvalue weighted by atomic mass is 9.99. The fraction of sp³-hybridized carbons (Fsp3) is 0.231. The van der Waals surface area contributed by atoms with Crippen molar-refractivity contribution in [3.05, 3.63) is 77.8 Å². The number of carbonyl (C=O) groups is 1. The maximum Gasteiger partial charge on any atom is 0.259 e. The van der Waals surface area contributed by atoms with Crippen molar-refractivity contribution in [1.82, 2.24) is 25.0 Å². The van der Waals surface area contributed by atoms with Crippen LogP contribution in [0.15, 0.2) is 63.9 Å². The van der Waals surface area contributed by atoms with E-state index in [1.54, 1.807) is 43.6 Å². The van der Waals surface area contributed by atoms with E-state index in [1.807, 2.05) is 11.0 Å². The number of amides is 1. The number of aromatic amines is 1. The number of likely N-dealkylation sites (tertiary alicyclic amines) is 1. The molecule has 8 nitrogen and oxygen atoms in total. The van der Waals surface area contributed by atoms with Crippen molar-refractivity contribution in [3.8, 4) is 22.7 Å². The van der Waals surface area contributed by atoms with Gasteiger partial charge in [-0.05, 0) is 56.5 Å². The summed E-state index contributed by atoms with van der Waals surface area (Å²) in [6, 6.07) is 11.4. The highest BCUT2D eigenvalue weighted by Crippen LogP contribution is 2.35. The van der Waals surface area contributed by atoms with Crippen LogP contribution in [0.1, 0.15) is 47.2 Å². The second-order valence-electron chi connectivity index (χ2n) is 8.68. The molecule has 5 aromatic rings. The third kappa shape index (κ3) is 3.78. The molecule has 1 aromatic carbocycles. The minimum absolute atomic E-state index is 0.148. The Kier molecular flexibility index (Phi) is 5.17. The van der Waals surface area contributed by atoms with Gasteiger partial charge in [0, 0.05) is 12.1 Å². The summed E-state index contributed by atoms with van der Waals surface area (Å²) in [5, 5.41) is 4.63. The van der Waals surface area contributed by atoms with Crippen molar-refractivity contribution in [3.63, 3.8) is 0 Å². The van der Waals surface area contributed by atoms with E-state index in [9.17, 15) is 9.18 Å². The Labute approximate surface area is 199 Å². The number of H-pyrrole nitrogens is 1. The summed E-state index contributed by atoms with van der Waals surface area (Å²) in [6.45, 7) is 2.38. The number of imidazole rings is 1. The topological polar surface area (TPSA) is 101 Å². The Morgan fingerprint density at radius 3 is 2.94 bits per heavy atom. The van der Waals surface area contributed by atoms with Gasteiger partial charge in [-0.3, -0.25) is 4.79 Å². The van der Waals surface area contributed by atoms with Gasteiger partial charge in [0.15, 0.2) is 5.76 Å². The van der Waals surface area contributed by atoms with Gasteiger partial charge in [0.25, 0.3) is 11.6 Å². The SMILES string of the molecule is Cc1noc2nc(-c3ccco3)cc(C(=O)N3CCCCC3c3ncc(-c4cccc(F)c4)[nH]3)c12. The zero-order valence-electron chi connectivity index (χ0n) is 19.0. The molecule has 0 bridgehead atoms. The average molecular weight is 471 g/mol. The highest BCUT2D eigenvalue weighted by molar-refractivity contribution is 6.07. The molecule has 0 radical (unpaired) electrons. The molecule has 1 amide bonds. The first-order chi connectivity index (χ1) is 17.1. The first-order valence-corrected chi connectivity index (χ1v) is 11.5. The lowest BCUT2D eigenvalue weighted by molar-refractivity contribution is 0.0603. The third-order valence-electron chi connectivity index (χ3n) is 6.43. The van der Waals surface area contributed by atoms with E-state index in [2.05, 4.69) is 20.1 Å². The van der Waals surface area contributed by atoms with Crippen LogP contribution in [0.3, 0.4) is 0 Å². The number of carbonyl (C=O) groups excluding carboxylic acids is 1. The fourth-order valence-corrected chi connectivity index (χ4v) is 4.74. The minimum Gasteiger partial charge on any atom is -0.463 e. The second kappa shape index (κ2) is 8.50. The van der Waals surface area contributed by atoms with Gasteiger partial charge in [-0.15, -0.1) is 0 Å². The molecule has 1 fully saturated rings. The largest absolute Gasteiger partial charge is 0.463 e. The summed E-state index contributed by atoms with van der Waals surface area (Å²) in [6.07, 6.45) is 5.87. The molecular weight excluding hydrogens is 449 g/mol. The lowest BCUT2D eigenvalue weighted by Gasteiger charge is -2.34. The number of benzene rings is 1. The van der Waals surface area contributed by atoms with Gasteiger partial charge in [-0.2, -0.15) is 0 Å². The number of hydrogen-bond donors (Lipinski definition) is 1. The second-order valence-corrected chi connectivity index (χ2v) is 8.68. The molecule has 1 aliphatic heterocycles. The van der Waals surface area contributed by atoms with Crippen molar-refractivity contribution < 1.29 is 18.1 Å². The van der Waals surface area contributed by atoms with E-state index >= 15 is 0 Å². The van der Waals surface area contributed by atoms with Crippen LogP contribution in [-0.4, -0.2) is 37.5 Å². The van der Waals surface area contributed by atoms with Gasteiger partial charge in [0.1, 0.15) is 17.3 Å². The molecule has 35 heavy (non-hydrogen) atoms. The summed E-state index contributed by atoms with van der Waals surface area (Å²) >= 11 is 0. The maximum atomic E-state index is 14.0. The number of nitrogens with zero attached hydrogens (tertiary/aromatic N) is 4. The van der Waals surface area contributed by atoms with Crippen LogP contribution < -0.4 is 0 Å². The van der Waals surface area contributed by atoms with E-state index in [1.165, 1.54) is 12.1 Å². The van der Waals surface area contributed by atoms with Crippen LogP contribution in [0.4, 0.5) is 4.39 Å². The molecule has 1 N–H and O–H groups in total. The smallest absolute Gasteiger partial charge is 0.259 e. The molecule has 0 saturated carbocycles. The summed E-state index contributed by atoms with van der Waals surface area (Å²) in [5.41, 5.74) is 3.27. The number of rotatable bonds is 4. The molecule has 1 unspecified atom stereocenters. The van der Waals surface area contributed by atoms with Crippen LogP contribution in [0, 0.1) is 12.7 Å².